The molecule has 0 radical (unpaired) electrons. The number of likely N-dealkylation sites (tertiary alicyclic amines) is 1. The highest BCUT2D eigenvalue weighted by atomic mass is 16.5. The summed E-state index contributed by atoms with van der Waals surface area (Å²) in [6.07, 6.45) is 9.54. The second-order valence-corrected chi connectivity index (χ2v) is 9.11. The zero-order chi connectivity index (χ0) is 22.1. The molecule has 6 heteroatoms. The van der Waals surface area contributed by atoms with Crippen LogP contribution in [0.4, 0.5) is 5.95 Å². The van der Waals surface area contributed by atoms with Crippen LogP contribution in [0.3, 0.4) is 0 Å². The van der Waals surface area contributed by atoms with Gasteiger partial charge in [0.2, 0.25) is 5.95 Å². The molecule has 0 bridgehead atoms. The van der Waals surface area contributed by atoms with Crippen LogP contribution in [-0.4, -0.2) is 40.1 Å². The fraction of sp³-hybridized carbons (Fsp3) is 0.423. The van der Waals surface area contributed by atoms with Gasteiger partial charge in [-0.2, -0.15) is 0 Å². The smallest absolute Gasteiger partial charge is 0.219 e. The Kier molecular flexibility index (Phi) is 5.79. The van der Waals surface area contributed by atoms with E-state index in [0.717, 1.165) is 54.3 Å². The highest BCUT2D eigenvalue weighted by Gasteiger charge is 2.25. The number of nitrogens with two attached hydrogens (primary N) is 1. The van der Waals surface area contributed by atoms with Gasteiger partial charge in [0.25, 0.3) is 0 Å². The fourth-order valence-electron chi connectivity index (χ4n) is 5.20. The highest BCUT2D eigenvalue weighted by molar-refractivity contribution is 5.63. The SMILES string of the molecule is COc1cc2c(cc1CN1CCC[C@@H](c3cc(-c4cnc(N)nc4)cc(C)n3)C1)CCC2. The number of pyridine rings is 1. The molecule has 0 spiro atoms. The van der Waals surface area contributed by atoms with Crippen LogP contribution in [0.2, 0.25) is 0 Å². The van der Waals surface area contributed by atoms with Crippen molar-refractivity contribution in [2.24, 2.45) is 0 Å². The minimum Gasteiger partial charge on any atom is -0.496 e. The molecule has 32 heavy (non-hydrogen) atoms. The van der Waals surface area contributed by atoms with Crippen LogP contribution in [0.15, 0.2) is 36.7 Å². The van der Waals surface area contributed by atoms with Crippen molar-refractivity contribution in [2.75, 3.05) is 25.9 Å². The number of aryl methyl sites for hydroxylation is 3. The molecule has 6 nitrogen and oxygen atoms in total. The first-order valence-corrected chi connectivity index (χ1v) is 11.6. The summed E-state index contributed by atoms with van der Waals surface area (Å²) in [4.78, 5) is 15.8. The average molecular weight is 430 g/mol. The number of hydrogen-bond donors (Lipinski definition) is 1. The van der Waals surface area contributed by atoms with Crippen molar-refractivity contribution in [1.82, 2.24) is 19.9 Å². The van der Waals surface area contributed by atoms with Crippen LogP contribution in [0.1, 0.15) is 53.3 Å². The molecule has 3 heterocycles. The molecule has 0 unspecified atom stereocenters. The predicted molar refractivity (Wildman–Crippen MR) is 127 cm³/mol. The summed E-state index contributed by atoms with van der Waals surface area (Å²) in [6.45, 7) is 5.11. The first kappa shape index (κ1) is 20.9. The van der Waals surface area contributed by atoms with Crippen molar-refractivity contribution >= 4 is 5.95 Å². The Morgan fingerprint density at radius 2 is 1.81 bits per heavy atom. The van der Waals surface area contributed by atoms with Crippen molar-refractivity contribution in [3.63, 3.8) is 0 Å². The zero-order valence-corrected chi connectivity index (χ0v) is 19.0. The summed E-state index contributed by atoms with van der Waals surface area (Å²) in [5.74, 6) is 1.74. The minimum absolute atomic E-state index is 0.296. The van der Waals surface area contributed by atoms with Gasteiger partial charge in [0, 0.05) is 53.9 Å². The zero-order valence-electron chi connectivity index (χ0n) is 19.0. The van der Waals surface area contributed by atoms with Crippen molar-refractivity contribution in [3.8, 4) is 16.9 Å². The Morgan fingerprint density at radius 3 is 2.59 bits per heavy atom. The number of piperidine rings is 1. The van der Waals surface area contributed by atoms with Crippen LogP contribution in [0.25, 0.3) is 11.1 Å². The van der Waals surface area contributed by atoms with Gasteiger partial charge in [-0.1, -0.05) is 6.07 Å². The Bertz CT molecular complexity index is 1110. The van der Waals surface area contributed by atoms with E-state index in [9.17, 15) is 0 Å². The third-order valence-corrected chi connectivity index (χ3v) is 6.79. The summed E-state index contributed by atoms with van der Waals surface area (Å²) in [5, 5.41) is 0. The number of benzene rings is 1. The number of nitrogens with zero attached hydrogens (tertiary/aromatic N) is 4. The molecule has 1 atom stereocenters. The number of ether oxygens (including phenoxy) is 1. The van der Waals surface area contributed by atoms with E-state index in [1.165, 1.54) is 42.4 Å². The van der Waals surface area contributed by atoms with Crippen LogP contribution in [-0.2, 0) is 19.4 Å². The number of anilines is 1. The van der Waals surface area contributed by atoms with Gasteiger partial charge in [-0.3, -0.25) is 9.88 Å². The van der Waals surface area contributed by atoms with Gasteiger partial charge in [-0.05, 0) is 80.5 Å². The lowest BCUT2D eigenvalue weighted by molar-refractivity contribution is 0.196. The molecule has 1 aromatic carbocycles. The number of hydrogen-bond acceptors (Lipinski definition) is 6. The molecule has 1 aliphatic carbocycles. The lowest BCUT2D eigenvalue weighted by Crippen LogP contribution is -2.34. The molecule has 1 saturated heterocycles. The monoisotopic (exact) mass is 429 g/mol. The lowest BCUT2D eigenvalue weighted by Gasteiger charge is -2.33. The van der Waals surface area contributed by atoms with Crippen LogP contribution in [0.5, 0.6) is 5.75 Å². The third-order valence-electron chi connectivity index (χ3n) is 6.79. The van der Waals surface area contributed by atoms with Gasteiger partial charge in [0.1, 0.15) is 5.75 Å². The molecule has 0 saturated carbocycles. The topological polar surface area (TPSA) is 77.2 Å². The standard InChI is InChI=1S/C26H31N5O/c1-17-9-21(23-13-28-26(27)29-14-23)11-24(30-17)20-7-4-8-31(15-20)16-22-10-18-5-3-6-19(18)12-25(22)32-2/h9-14,20H,3-8,15-16H2,1-2H3,(H2,27,28,29)/t20-/m1/s1. The third kappa shape index (κ3) is 4.32. The molecule has 1 fully saturated rings. The van der Waals surface area contributed by atoms with Crippen molar-refractivity contribution in [3.05, 3.63) is 64.7 Å². The van der Waals surface area contributed by atoms with E-state index in [0.29, 0.717) is 11.9 Å². The second-order valence-electron chi connectivity index (χ2n) is 9.11. The maximum Gasteiger partial charge on any atom is 0.219 e. The molecular weight excluding hydrogens is 398 g/mol. The van der Waals surface area contributed by atoms with E-state index in [1.54, 1.807) is 19.5 Å². The Labute approximate surface area is 189 Å². The largest absolute Gasteiger partial charge is 0.496 e. The lowest BCUT2D eigenvalue weighted by atomic mass is 9.92. The van der Waals surface area contributed by atoms with E-state index < -0.39 is 0 Å². The van der Waals surface area contributed by atoms with Crippen molar-refractivity contribution in [2.45, 2.75) is 51.5 Å². The first-order chi connectivity index (χ1) is 15.6. The summed E-state index contributed by atoms with van der Waals surface area (Å²) in [7, 11) is 1.79. The van der Waals surface area contributed by atoms with Gasteiger partial charge in [-0.15, -0.1) is 0 Å². The second kappa shape index (κ2) is 8.87. The number of aromatic nitrogens is 3. The van der Waals surface area contributed by atoms with Gasteiger partial charge >= 0.3 is 0 Å². The van der Waals surface area contributed by atoms with E-state index in [2.05, 4.69) is 46.1 Å². The first-order valence-electron chi connectivity index (χ1n) is 11.6. The average Bonchev–Trinajstić information content (AvgIpc) is 3.26. The number of methoxy groups -OCH3 is 1. The Morgan fingerprint density at radius 1 is 1.03 bits per heavy atom. The van der Waals surface area contributed by atoms with E-state index in [1.807, 2.05) is 0 Å². The molecule has 5 rings (SSSR count). The van der Waals surface area contributed by atoms with Crippen LogP contribution >= 0.6 is 0 Å². The normalized spacial score (nSPS) is 18.5. The number of nitrogen functional groups attached to an aromatic ring is 1. The molecule has 2 aromatic heterocycles. The van der Waals surface area contributed by atoms with Gasteiger partial charge < -0.3 is 10.5 Å². The van der Waals surface area contributed by atoms with Crippen molar-refractivity contribution in [1.29, 1.82) is 0 Å². The fourth-order valence-corrected chi connectivity index (χ4v) is 5.20. The highest BCUT2D eigenvalue weighted by Crippen LogP contribution is 2.33. The van der Waals surface area contributed by atoms with E-state index >= 15 is 0 Å². The quantitative estimate of drug-likeness (QED) is 0.651. The van der Waals surface area contributed by atoms with E-state index in [-0.39, 0.29) is 0 Å². The Hall–Kier alpha value is -2.99. The summed E-state index contributed by atoms with van der Waals surface area (Å²) in [5.41, 5.74) is 14.2. The number of rotatable bonds is 5. The molecule has 166 valence electrons. The van der Waals surface area contributed by atoms with Crippen LogP contribution in [0, 0.1) is 6.92 Å². The molecule has 2 N–H and O–H groups in total. The Balaban J connectivity index is 1.36. The minimum atomic E-state index is 0.296. The summed E-state index contributed by atoms with van der Waals surface area (Å²) < 4.78 is 5.75. The van der Waals surface area contributed by atoms with Crippen molar-refractivity contribution < 1.29 is 4.74 Å². The van der Waals surface area contributed by atoms with E-state index in [4.69, 9.17) is 15.5 Å². The molecule has 2 aliphatic rings. The van der Waals surface area contributed by atoms with Gasteiger partial charge in [0.15, 0.2) is 0 Å². The maximum absolute atomic E-state index is 5.75. The molecule has 1 aliphatic heterocycles. The molecule has 3 aromatic rings. The summed E-state index contributed by atoms with van der Waals surface area (Å²) >= 11 is 0. The predicted octanol–water partition coefficient (Wildman–Crippen LogP) is 4.31. The molecular formula is C26H31N5O. The number of fused-ring (bicyclic) bond motifs is 1. The van der Waals surface area contributed by atoms with Crippen LogP contribution < -0.4 is 10.5 Å². The maximum atomic E-state index is 5.75. The van der Waals surface area contributed by atoms with Gasteiger partial charge in [0.05, 0.1) is 7.11 Å². The summed E-state index contributed by atoms with van der Waals surface area (Å²) in [6, 6.07) is 8.94. The molecule has 0 amide bonds. The van der Waals surface area contributed by atoms with Gasteiger partial charge in [-0.25, -0.2) is 9.97 Å².